The molecule has 0 radical (unpaired) electrons. The van der Waals surface area contributed by atoms with Gasteiger partial charge in [-0.1, -0.05) is 4.49 Å². The molecule has 2 rings (SSSR count). The van der Waals surface area contributed by atoms with Gasteiger partial charge in [0, 0.05) is 19.2 Å². The summed E-state index contributed by atoms with van der Waals surface area (Å²) in [6, 6.07) is 2.37. The van der Waals surface area contributed by atoms with E-state index in [2.05, 4.69) is 26.1 Å². The minimum atomic E-state index is 0.254. The lowest BCUT2D eigenvalue weighted by Crippen LogP contribution is -2.20. The summed E-state index contributed by atoms with van der Waals surface area (Å²) in [6.45, 7) is 4.01. The first kappa shape index (κ1) is 12.2. The van der Waals surface area contributed by atoms with Crippen molar-refractivity contribution in [3.05, 3.63) is 28.0 Å². The topological polar surface area (TPSA) is 55.6 Å². The summed E-state index contributed by atoms with van der Waals surface area (Å²) in [7, 11) is 3.94. The van der Waals surface area contributed by atoms with E-state index in [4.69, 9.17) is 0 Å². The fourth-order valence-electron chi connectivity index (χ4n) is 1.95. The van der Waals surface area contributed by atoms with Gasteiger partial charge < -0.3 is 5.32 Å². The van der Waals surface area contributed by atoms with Gasteiger partial charge in [0.05, 0.1) is 22.3 Å². The molecule has 17 heavy (non-hydrogen) atoms. The second-order valence-electron chi connectivity index (χ2n) is 4.17. The van der Waals surface area contributed by atoms with Crippen LogP contribution in [0.5, 0.6) is 0 Å². The number of hydrogen-bond donors (Lipinski definition) is 1. The van der Waals surface area contributed by atoms with Gasteiger partial charge in [-0.15, -0.1) is 5.10 Å². The number of likely N-dealkylation sites (N-methyl/N-ethyl adjacent to an activating group) is 1. The van der Waals surface area contributed by atoms with Gasteiger partial charge in [0.15, 0.2) is 0 Å². The summed E-state index contributed by atoms with van der Waals surface area (Å²) in [5.74, 6) is 0. The van der Waals surface area contributed by atoms with Crippen LogP contribution in [0.4, 0.5) is 0 Å². The highest BCUT2D eigenvalue weighted by atomic mass is 32.1. The van der Waals surface area contributed by atoms with Crippen molar-refractivity contribution in [2.75, 3.05) is 7.05 Å². The van der Waals surface area contributed by atoms with Gasteiger partial charge in [0.25, 0.3) is 0 Å². The number of aryl methyl sites for hydroxylation is 3. The summed E-state index contributed by atoms with van der Waals surface area (Å²) < 4.78 is 5.92. The predicted molar refractivity (Wildman–Crippen MR) is 68.1 cm³/mol. The van der Waals surface area contributed by atoms with E-state index in [1.165, 1.54) is 22.1 Å². The fourth-order valence-corrected chi connectivity index (χ4v) is 2.70. The first-order chi connectivity index (χ1) is 8.11. The zero-order chi connectivity index (χ0) is 12.4. The molecular formula is C11H17N5S. The van der Waals surface area contributed by atoms with Crippen LogP contribution in [0.2, 0.25) is 0 Å². The molecule has 1 unspecified atom stereocenters. The highest BCUT2D eigenvalue weighted by Gasteiger charge is 2.17. The molecule has 0 spiro atoms. The van der Waals surface area contributed by atoms with Gasteiger partial charge in [-0.25, -0.2) is 0 Å². The Morgan fingerprint density at radius 3 is 2.71 bits per heavy atom. The lowest BCUT2D eigenvalue weighted by molar-refractivity contribution is 0.566. The van der Waals surface area contributed by atoms with E-state index >= 15 is 0 Å². The van der Waals surface area contributed by atoms with Gasteiger partial charge in [-0.2, -0.15) is 5.10 Å². The molecule has 2 aromatic heterocycles. The van der Waals surface area contributed by atoms with E-state index in [0.29, 0.717) is 0 Å². The molecule has 0 saturated carbocycles. The molecule has 92 valence electrons. The minimum absolute atomic E-state index is 0.254. The first-order valence-corrected chi connectivity index (χ1v) is 6.34. The molecule has 0 aromatic carbocycles. The summed E-state index contributed by atoms with van der Waals surface area (Å²) >= 11 is 1.46. The second kappa shape index (κ2) is 4.93. The van der Waals surface area contributed by atoms with Crippen molar-refractivity contribution >= 4 is 11.5 Å². The Hall–Kier alpha value is -1.27. The van der Waals surface area contributed by atoms with E-state index in [9.17, 15) is 0 Å². The minimum Gasteiger partial charge on any atom is -0.312 e. The maximum Gasteiger partial charge on any atom is 0.0772 e. The summed E-state index contributed by atoms with van der Waals surface area (Å²) in [6.07, 6.45) is 0.901. The lowest BCUT2D eigenvalue weighted by Gasteiger charge is -2.14. The molecule has 6 heteroatoms. The fraction of sp³-hybridized carbons (Fsp3) is 0.545. The molecule has 0 amide bonds. The quantitative estimate of drug-likeness (QED) is 0.892. The van der Waals surface area contributed by atoms with Crippen LogP contribution in [0.15, 0.2) is 6.07 Å². The van der Waals surface area contributed by atoms with Crippen LogP contribution in [0, 0.1) is 13.8 Å². The van der Waals surface area contributed by atoms with Crippen molar-refractivity contribution in [1.29, 1.82) is 0 Å². The average molecular weight is 251 g/mol. The maximum absolute atomic E-state index is 4.36. The normalized spacial score (nSPS) is 12.9. The van der Waals surface area contributed by atoms with Crippen LogP contribution >= 0.6 is 11.5 Å². The van der Waals surface area contributed by atoms with Crippen LogP contribution < -0.4 is 5.32 Å². The molecule has 1 atom stereocenters. The molecule has 1 N–H and O–H groups in total. The Labute approximate surface area is 105 Å². The monoisotopic (exact) mass is 251 g/mol. The summed E-state index contributed by atoms with van der Waals surface area (Å²) in [4.78, 5) is 1.20. The van der Waals surface area contributed by atoms with Gasteiger partial charge in [-0.05, 0) is 38.5 Å². The molecule has 2 heterocycles. The molecule has 0 bridgehead atoms. The Kier molecular flexibility index (Phi) is 3.54. The molecule has 0 aliphatic rings. The number of rotatable bonds is 4. The Balaban J connectivity index is 2.21. The molecule has 0 aliphatic heterocycles. The van der Waals surface area contributed by atoms with Crippen molar-refractivity contribution in [2.45, 2.75) is 26.3 Å². The third kappa shape index (κ3) is 2.53. The van der Waals surface area contributed by atoms with E-state index in [1.807, 2.05) is 32.6 Å². The van der Waals surface area contributed by atoms with Crippen molar-refractivity contribution in [3.8, 4) is 0 Å². The molecule has 0 aliphatic carbocycles. The van der Waals surface area contributed by atoms with Gasteiger partial charge in [0.2, 0.25) is 0 Å². The maximum atomic E-state index is 4.36. The summed E-state index contributed by atoms with van der Waals surface area (Å²) in [5.41, 5.74) is 3.28. The van der Waals surface area contributed by atoms with Crippen molar-refractivity contribution in [1.82, 2.24) is 24.7 Å². The zero-order valence-corrected chi connectivity index (χ0v) is 11.4. The Morgan fingerprint density at radius 2 is 2.24 bits per heavy atom. The van der Waals surface area contributed by atoms with Crippen molar-refractivity contribution < 1.29 is 0 Å². The van der Waals surface area contributed by atoms with E-state index in [-0.39, 0.29) is 6.04 Å². The third-order valence-electron chi connectivity index (χ3n) is 2.86. The smallest absolute Gasteiger partial charge is 0.0772 e. The molecule has 2 aromatic rings. The van der Waals surface area contributed by atoms with E-state index < -0.39 is 0 Å². The van der Waals surface area contributed by atoms with Crippen LogP contribution in [0.1, 0.15) is 28.0 Å². The number of hydrogen-bond acceptors (Lipinski definition) is 5. The highest BCUT2D eigenvalue weighted by molar-refractivity contribution is 7.05. The van der Waals surface area contributed by atoms with E-state index in [1.54, 1.807) is 0 Å². The van der Waals surface area contributed by atoms with Crippen molar-refractivity contribution in [3.63, 3.8) is 0 Å². The first-order valence-electron chi connectivity index (χ1n) is 5.57. The Morgan fingerprint density at radius 1 is 1.47 bits per heavy atom. The van der Waals surface area contributed by atoms with Crippen molar-refractivity contribution in [2.24, 2.45) is 7.05 Å². The Bertz CT molecular complexity index is 502. The van der Waals surface area contributed by atoms with Gasteiger partial charge in [0.1, 0.15) is 0 Å². The molecule has 0 fully saturated rings. The lowest BCUT2D eigenvalue weighted by atomic mass is 10.1. The van der Waals surface area contributed by atoms with Crippen LogP contribution in [0.3, 0.4) is 0 Å². The van der Waals surface area contributed by atoms with Crippen LogP contribution in [-0.4, -0.2) is 26.4 Å². The molecule has 5 nitrogen and oxygen atoms in total. The zero-order valence-electron chi connectivity index (χ0n) is 10.6. The second-order valence-corrected chi connectivity index (χ2v) is 4.95. The predicted octanol–water partition coefficient (Wildman–Crippen LogP) is 1.39. The number of nitrogens with zero attached hydrogens (tertiary/aromatic N) is 4. The van der Waals surface area contributed by atoms with Gasteiger partial charge >= 0.3 is 0 Å². The SMILES string of the molecule is CNC(Cc1cc(C)nn1C)c1snnc1C. The molecule has 0 saturated heterocycles. The molecular weight excluding hydrogens is 234 g/mol. The average Bonchev–Trinajstić information content (AvgIpc) is 2.82. The highest BCUT2D eigenvalue weighted by Crippen LogP contribution is 2.23. The standard InChI is InChI=1S/C11H17N5S/c1-7-5-9(16(4)14-7)6-10(12-3)11-8(2)13-15-17-11/h5,10,12H,6H2,1-4H3. The van der Waals surface area contributed by atoms with Crippen LogP contribution in [0.25, 0.3) is 0 Å². The van der Waals surface area contributed by atoms with Gasteiger partial charge in [-0.3, -0.25) is 4.68 Å². The number of nitrogens with one attached hydrogen (secondary N) is 1. The third-order valence-corrected chi connectivity index (χ3v) is 3.80. The van der Waals surface area contributed by atoms with E-state index in [0.717, 1.165) is 17.8 Å². The largest absolute Gasteiger partial charge is 0.312 e. The number of aromatic nitrogens is 4. The van der Waals surface area contributed by atoms with Crippen LogP contribution in [-0.2, 0) is 13.5 Å². The summed E-state index contributed by atoms with van der Waals surface area (Å²) in [5, 5.41) is 11.7.